The molecule has 2 N–H and O–H groups in total. The van der Waals surface area contributed by atoms with Crippen molar-refractivity contribution >= 4 is 17.6 Å². The number of rotatable bonds is 9. The molecule has 0 bridgehead atoms. The molecule has 0 radical (unpaired) electrons. The average molecular weight is 534 g/mol. The van der Waals surface area contributed by atoms with Gasteiger partial charge in [-0.15, -0.1) is 0 Å². The van der Waals surface area contributed by atoms with Gasteiger partial charge in [0.15, 0.2) is 5.76 Å². The first kappa shape index (κ1) is 26.0. The molecular weight excluding hydrogens is 498 g/mol. The van der Waals surface area contributed by atoms with Crippen LogP contribution < -0.4 is 10.6 Å². The van der Waals surface area contributed by atoms with Gasteiger partial charge in [0.1, 0.15) is 17.3 Å². The average Bonchev–Trinajstić information content (AvgIpc) is 3.74. The number of hydrogen-bond acceptors (Lipinski definition) is 7. The van der Waals surface area contributed by atoms with E-state index in [-0.39, 0.29) is 0 Å². The minimum Gasteiger partial charge on any atom is -0.359 e. The second kappa shape index (κ2) is 11.8. The summed E-state index contributed by atoms with van der Waals surface area (Å²) in [5, 5.41) is 11.1. The standard InChI is InChI=1S/C32H35N7O/c1-22(24-13-14-24)17-30(33-2)36-31-27-15-16-39(20-23-9-5-3-6-10-23)21-29(27)35-32(37-31)34-19-26-18-28(38-40-26)25-11-7-4-8-12-25/h3-12,17-18,24H,13-16,19-21H2,1-2H3,(H2,33,34,35,36,37)/b22-17+. The van der Waals surface area contributed by atoms with Crippen molar-refractivity contribution in [2.75, 3.05) is 24.2 Å². The quantitative estimate of drug-likeness (QED) is 0.198. The fourth-order valence-corrected chi connectivity index (χ4v) is 5.10. The maximum absolute atomic E-state index is 5.60. The molecule has 0 unspecified atom stereocenters. The van der Waals surface area contributed by atoms with Crippen LogP contribution in [0.25, 0.3) is 11.3 Å². The molecule has 1 saturated carbocycles. The van der Waals surface area contributed by atoms with Gasteiger partial charge >= 0.3 is 0 Å². The van der Waals surface area contributed by atoms with Crippen LogP contribution in [0, 0.1) is 5.92 Å². The third kappa shape index (κ3) is 6.29. The predicted octanol–water partition coefficient (Wildman–Crippen LogP) is 6.10. The summed E-state index contributed by atoms with van der Waals surface area (Å²) in [7, 11) is 1.82. The first-order valence-electron chi connectivity index (χ1n) is 14.0. The largest absolute Gasteiger partial charge is 0.359 e. The van der Waals surface area contributed by atoms with E-state index in [2.05, 4.69) is 69.0 Å². The van der Waals surface area contributed by atoms with Crippen LogP contribution in [0.4, 0.5) is 11.8 Å². The number of allylic oxidation sites excluding steroid dienone is 1. The Kier molecular flexibility index (Phi) is 7.68. The Bertz CT molecular complexity index is 1510. The molecule has 0 spiro atoms. The lowest BCUT2D eigenvalue weighted by molar-refractivity contribution is 0.241. The summed E-state index contributed by atoms with van der Waals surface area (Å²) < 4.78 is 5.60. The van der Waals surface area contributed by atoms with Crippen molar-refractivity contribution in [1.29, 1.82) is 0 Å². The van der Waals surface area contributed by atoms with E-state index in [0.717, 1.165) is 66.0 Å². The first-order chi connectivity index (χ1) is 19.6. The molecule has 0 saturated heterocycles. The number of nitrogens with zero attached hydrogens (tertiary/aromatic N) is 5. The maximum Gasteiger partial charge on any atom is 0.225 e. The van der Waals surface area contributed by atoms with Gasteiger partial charge in [0, 0.05) is 43.9 Å². The van der Waals surface area contributed by atoms with Gasteiger partial charge in [0.25, 0.3) is 0 Å². The zero-order valence-electron chi connectivity index (χ0n) is 23.1. The molecule has 1 aliphatic heterocycles. The lowest BCUT2D eigenvalue weighted by Crippen LogP contribution is -2.32. The Labute approximate surface area is 235 Å². The van der Waals surface area contributed by atoms with Crippen LogP contribution >= 0.6 is 0 Å². The predicted molar refractivity (Wildman–Crippen MR) is 159 cm³/mol. The van der Waals surface area contributed by atoms with Gasteiger partial charge in [-0.2, -0.15) is 4.98 Å². The summed E-state index contributed by atoms with van der Waals surface area (Å²) >= 11 is 0. The Morgan fingerprint density at radius 1 is 1.07 bits per heavy atom. The zero-order chi connectivity index (χ0) is 27.3. The molecule has 1 fully saturated rings. The van der Waals surface area contributed by atoms with E-state index in [1.54, 1.807) is 0 Å². The van der Waals surface area contributed by atoms with E-state index >= 15 is 0 Å². The van der Waals surface area contributed by atoms with E-state index in [4.69, 9.17) is 14.5 Å². The zero-order valence-corrected chi connectivity index (χ0v) is 23.1. The van der Waals surface area contributed by atoms with Gasteiger partial charge in [0.2, 0.25) is 5.95 Å². The Hall–Kier alpha value is -4.30. The monoisotopic (exact) mass is 533 g/mol. The van der Waals surface area contributed by atoms with Crippen LogP contribution in [0.3, 0.4) is 0 Å². The topological polar surface area (TPSA) is 91.5 Å². The number of nitrogens with one attached hydrogen (secondary N) is 2. The van der Waals surface area contributed by atoms with Crippen molar-refractivity contribution in [3.63, 3.8) is 0 Å². The highest BCUT2D eigenvalue weighted by Gasteiger charge is 2.25. The summed E-state index contributed by atoms with van der Waals surface area (Å²) in [4.78, 5) is 16.8. The van der Waals surface area contributed by atoms with Crippen molar-refractivity contribution in [1.82, 2.24) is 20.0 Å². The van der Waals surface area contributed by atoms with Crippen LogP contribution in [-0.4, -0.2) is 39.5 Å². The number of aliphatic imine (C=N–C) groups is 1. The van der Waals surface area contributed by atoms with Crippen LogP contribution in [0.15, 0.2) is 87.9 Å². The van der Waals surface area contributed by atoms with E-state index in [1.165, 1.54) is 24.0 Å². The van der Waals surface area contributed by atoms with E-state index < -0.39 is 0 Å². The van der Waals surface area contributed by atoms with Gasteiger partial charge < -0.3 is 15.2 Å². The summed E-state index contributed by atoms with van der Waals surface area (Å²) in [6.07, 6.45) is 5.56. The SMILES string of the molecule is C/N=C(\C=C(/C)C1CC1)Nc1nc(NCc2cc(-c3ccccc3)no2)nc2c1CCN(Cc1ccccc1)C2. The minimum atomic E-state index is 0.432. The Morgan fingerprint density at radius 3 is 2.60 bits per heavy atom. The van der Waals surface area contributed by atoms with Crippen LogP contribution in [-0.2, 0) is 26.1 Å². The number of fused-ring (bicyclic) bond motifs is 1. The number of hydrogen-bond donors (Lipinski definition) is 2. The van der Waals surface area contributed by atoms with Crippen LogP contribution in [0.5, 0.6) is 0 Å². The number of anilines is 2. The third-order valence-electron chi connectivity index (χ3n) is 7.52. The van der Waals surface area contributed by atoms with E-state index in [1.807, 2.05) is 43.4 Å². The van der Waals surface area contributed by atoms with Crippen molar-refractivity contribution < 1.29 is 4.52 Å². The lowest BCUT2D eigenvalue weighted by Gasteiger charge is -2.29. The molecule has 204 valence electrons. The van der Waals surface area contributed by atoms with E-state index in [0.29, 0.717) is 18.4 Å². The summed E-state index contributed by atoms with van der Waals surface area (Å²) in [6, 6.07) is 22.6. The summed E-state index contributed by atoms with van der Waals surface area (Å²) in [5.74, 6) is 3.60. The highest BCUT2D eigenvalue weighted by Crippen LogP contribution is 2.36. The van der Waals surface area contributed by atoms with Gasteiger partial charge in [0.05, 0.1) is 12.2 Å². The van der Waals surface area contributed by atoms with Gasteiger partial charge in [-0.1, -0.05) is 71.4 Å². The van der Waals surface area contributed by atoms with E-state index in [9.17, 15) is 0 Å². The second-order valence-corrected chi connectivity index (χ2v) is 10.6. The molecule has 8 nitrogen and oxygen atoms in total. The maximum atomic E-state index is 5.60. The molecule has 6 rings (SSSR count). The fraction of sp³-hybridized carbons (Fsp3) is 0.312. The molecule has 0 atom stereocenters. The molecule has 4 aromatic rings. The van der Waals surface area contributed by atoms with Crippen molar-refractivity contribution in [3.05, 3.63) is 101 Å². The van der Waals surface area contributed by atoms with Crippen LogP contribution in [0.2, 0.25) is 0 Å². The molecular formula is C32H35N7O. The Balaban J connectivity index is 1.23. The number of aromatic nitrogens is 3. The highest BCUT2D eigenvalue weighted by molar-refractivity contribution is 6.04. The fourth-order valence-electron chi connectivity index (χ4n) is 5.10. The van der Waals surface area contributed by atoms with Crippen molar-refractivity contribution in [2.24, 2.45) is 10.9 Å². The molecule has 2 aromatic carbocycles. The molecule has 3 heterocycles. The minimum absolute atomic E-state index is 0.432. The van der Waals surface area contributed by atoms with Gasteiger partial charge in [-0.25, -0.2) is 4.98 Å². The lowest BCUT2D eigenvalue weighted by atomic mass is 10.0. The molecule has 8 heteroatoms. The first-order valence-corrected chi connectivity index (χ1v) is 14.0. The van der Waals surface area contributed by atoms with Gasteiger partial charge in [-0.05, 0) is 43.7 Å². The summed E-state index contributed by atoms with van der Waals surface area (Å²) in [6.45, 7) is 5.21. The molecule has 2 aromatic heterocycles. The Morgan fingerprint density at radius 2 is 1.85 bits per heavy atom. The van der Waals surface area contributed by atoms with Crippen molar-refractivity contribution in [2.45, 2.75) is 45.8 Å². The molecule has 1 aliphatic carbocycles. The number of benzene rings is 2. The highest BCUT2D eigenvalue weighted by atomic mass is 16.5. The van der Waals surface area contributed by atoms with Gasteiger partial charge in [-0.3, -0.25) is 9.89 Å². The molecule has 0 amide bonds. The molecule has 40 heavy (non-hydrogen) atoms. The molecule has 2 aliphatic rings. The number of amidine groups is 1. The summed E-state index contributed by atoms with van der Waals surface area (Å²) in [5.41, 5.74) is 6.68. The van der Waals surface area contributed by atoms with Crippen LogP contribution in [0.1, 0.15) is 42.3 Å². The second-order valence-electron chi connectivity index (χ2n) is 10.6. The smallest absolute Gasteiger partial charge is 0.225 e. The third-order valence-corrected chi connectivity index (χ3v) is 7.52. The normalized spacial score (nSPS) is 16.1. The van der Waals surface area contributed by atoms with Crippen molar-refractivity contribution in [3.8, 4) is 11.3 Å².